The summed E-state index contributed by atoms with van der Waals surface area (Å²) >= 11 is 0. The number of aliphatic hydroxyl groups excluding tert-OH is 1. The van der Waals surface area contributed by atoms with E-state index in [9.17, 15) is 14.7 Å². The van der Waals surface area contributed by atoms with Gasteiger partial charge < -0.3 is 38.8 Å². The van der Waals surface area contributed by atoms with Gasteiger partial charge in [-0.1, -0.05) is 43.7 Å². The molecule has 5 aromatic rings. The number of aromatic nitrogens is 3. The Morgan fingerprint density at radius 2 is 1.52 bits per heavy atom. The highest BCUT2D eigenvalue weighted by molar-refractivity contribution is 5.90. The number of ether oxygens (including phenoxy) is 4. The van der Waals surface area contributed by atoms with Gasteiger partial charge in [0.05, 0.1) is 58.7 Å². The summed E-state index contributed by atoms with van der Waals surface area (Å²) < 4.78 is 22.7. The van der Waals surface area contributed by atoms with Gasteiger partial charge in [0.15, 0.2) is 0 Å². The summed E-state index contributed by atoms with van der Waals surface area (Å²) in [6.45, 7) is 3.00. The molecule has 0 saturated heterocycles. The van der Waals surface area contributed by atoms with E-state index >= 15 is 0 Å². The molecule has 0 aliphatic rings. The van der Waals surface area contributed by atoms with Crippen molar-refractivity contribution in [1.29, 1.82) is 0 Å². The zero-order valence-corrected chi connectivity index (χ0v) is 29.0. The first kappa shape index (κ1) is 35.7. The van der Waals surface area contributed by atoms with E-state index in [1.54, 1.807) is 49.2 Å². The third-order valence-corrected chi connectivity index (χ3v) is 8.41. The van der Waals surface area contributed by atoms with E-state index in [0.717, 1.165) is 29.0 Å². The molecule has 12 nitrogen and oxygen atoms in total. The molecule has 0 saturated carbocycles. The number of anilines is 2. The minimum atomic E-state index is -0.486. The lowest BCUT2D eigenvalue weighted by Crippen LogP contribution is -2.29. The van der Waals surface area contributed by atoms with Crippen molar-refractivity contribution in [2.45, 2.75) is 45.4 Å². The number of nitrogens with zero attached hydrogens (tertiary/aromatic N) is 4. The number of nitrogens with one attached hydrogen (secondary N) is 1. The van der Waals surface area contributed by atoms with E-state index in [1.807, 2.05) is 60.4 Å². The van der Waals surface area contributed by atoms with E-state index in [-0.39, 0.29) is 24.8 Å². The van der Waals surface area contributed by atoms with Gasteiger partial charge in [0.25, 0.3) is 5.56 Å². The number of benzene rings is 3. The van der Waals surface area contributed by atoms with E-state index in [4.69, 9.17) is 28.9 Å². The summed E-state index contributed by atoms with van der Waals surface area (Å²) in [5, 5.41) is 13.9. The van der Waals surface area contributed by atoms with Gasteiger partial charge in [-0.15, -0.1) is 0 Å². The zero-order chi connectivity index (χ0) is 35.6. The molecule has 5 rings (SSSR count). The van der Waals surface area contributed by atoms with Crippen LogP contribution in [0.2, 0.25) is 0 Å². The fraction of sp³-hybridized carbons (Fsp3) is 0.316. The summed E-state index contributed by atoms with van der Waals surface area (Å²) in [5.74, 6) is 2.21. The molecule has 0 bridgehead atoms. The molecule has 0 aliphatic carbocycles. The summed E-state index contributed by atoms with van der Waals surface area (Å²) in [7, 11) is 6.08. The molecule has 0 fully saturated rings. The fourth-order valence-electron chi connectivity index (χ4n) is 5.69. The second-order valence-electron chi connectivity index (χ2n) is 11.8. The molecule has 12 heteroatoms. The molecule has 50 heavy (non-hydrogen) atoms. The van der Waals surface area contributed by atoms with Crippen molar-refractivity contribution in [3.63, 3.8) is 0 Å². The summed E-state index contributed by atoms with van der Waals surface area (Å²) in [4.78, 5) is 38.3. The maximum Gasteiger partial charge on any atom is 0.337 e. The largest absolute Gasteiger partial charge is 0.497 e. The second kappa shape index (κ2) is 16.7. The number of aliphatic hydroxyl groups is 1. The quantitative estimate of drug-likeness (QED) is 0.129. The lowest BCUT2D eigenvalue weighted by molar-refractivity contribution is 0.0600. The van der Waals surface area contributed by atoms with Gasteiger partial charge in [0.2, 0.25) is 5.95 Å². The van der Waals surface area contributed by atoms with Crippen molar-refractivity contribution < 1.29 is 28.8 Å². The highest BCUT2D eigenvalue weighted by Gasteiger charge is 2.21. The van der Waals surface area contributed by atoms with Crippen molar-refractivity contribution >= 4 is 28.6 Å². The van der Waals surface area contributed by atoms with Crippen LogP contribution in [0.1, 0.15) is 46.8 Å². The fourth-order valence-corrected chi connectivity index (χ4v) is 5.69. The Balaban J connectivity index is 1.61. The average Bonchev–Trinajstić information content (AvgIpc) is 3.15. The van der Waals surface area contributed by atoms with Crippen molar-refractivity contribution in [1.82, 2.24) is 14.5 Å². The monoisotopic (exact) mass is 681 g/mol. The normalized spacial score (nSPS) is 11.6. The Labute approximate surface area is 291 Å². The van der Waals surface area contributed by atoms with Gasteiger partial charge in [-0.25, -0.2) is 9.78 Å². The smallest absolute Gasteiger partial charge is 0.337 e. The van der Waals surface area contributed by atoms with Crippen molar-refractivity contribution in [3.05, 3.63) is 112 Å². The van der Waals surface area contributed by atoms with Crippen LogP contribution >= 0.6 is 0 Å². The number of rotatable bonds is 16. The number of methoxy groups -OCH3 is 4. The van der Waals surface area contributed by atoms with Gasteiger partial charge in [0, 0.05) is 24.8 Å². The molecule has 0 unspecified atom stereocenters. The maximum atomic E-state index is 14.2. The third-order valence-electron chi connectivity index (χ3n) is 8.41. The van der Waals surface area contributed by atoms with E-state index in [1.165, 1.54) is 14.2 Å². The Hall–Kier alpha value is -5.62. The predicted octanol–water partition coefficient (Wildman–Crippen LogP) is 5.43. The summed E-state index contributed by atoms with van der Waals surface area (Å²) in [5.41, 5.74) is 3.19. The van der Waals surface area contributed by atoms with Crippen molar-refractivity contribution in [2.24, 2.45) is 0 Å². The molecule has 0 spiro atoms. The molecule has 0 aliphatic heterocycles. The minimum Gasteiger partial charge on any atom is -0.497 e. The molecule has 2 aromatic heterocycles. The summed E-state index contributed by atoms with van der Waals surface area (Å²) in [6, 6.07) is 22.0. The van der Waals surface area contributed by atoms with Crippen LogP contribution in [-0.4, -0.2) is 66.7 Å². The average molecular weight is 682 g/mol. The molecule has 2 heterocycles. The van der Waals surface area contributed by atoms with Crippen LogP contribution in [-0.2, 0) is 24.4 Å². The van der Waals surface area contributed by atoms with Crippen molar-refractivity contribution in [3.8, 4) is 17.2 Å². The van der Waals surface area contributed by atoms with Crippen LogP contribution in [0.25, 0.3) is 10.9 Å². The Morgan fingerprint density at radius 1 is 0.880 bits per heavy atom. The molecule has 0 radical (unpaired) electrons. The van der Waals surface area contributed by atoms with E-state index in [2.05, 4.69) is 5.32 Å². The first-order valence-electron chi connectivity index (χ1n) is 16.3. The molecular weight excluding hydrogens is 638 g/mol. The minimum absolute atomic E-state index is 0.138. The Bertz CT molecular complexity index is 1910. The van der Waals surface area contributed by atoms with Crippen LogP contribution in [0.15, 0.2) is 83.8 Å². The molecule has 262 valence electrons. The van der Waals surface area contributed by atoms with Crippen LogP contribution in [0, 0.1) is 0 Å². The molecule has 0 amide bonds. The van der Waals surface area contributed by atoms with Crippen LogP contribution in [0.3, 0.4) is 0 Å². The van der Waals surface area contributed by atoms with Gasteiger partial charge in [-0.3, -0.25) is 4.79 Å². The van der Waals surface area contributed by atoms with Gasteiger partial charge in [0.1, 0.15) is 28.5 Å². The second-order valence-corrected chi connectivity index (χ2v) is 11.8. The molecule has 2 N–H and O–H groups in total. The molecule has 1 atom stereocenters. The number of esters is 1. The lowest BCUT2D eigenvalue weighted by atomic mass is 10.1. The summed E-state index contributed by atoms with van der Waals surface area (Å²) in [6.07, 6.45) is 3.18. The number of carbonyl (C=O) groups excluding carboxylic acids is 1. The predicted molar refractivity (Wildman–Crippen MR) is 193 cm³/mol. The lowest BCUT2D eigenvalue weighted by Gasteiger charge is -2.25. The Morgan fingerprint density at radius 3 is 2.06 bits per heavy atom. The first-order valence-corrected chi connectivity index (χ1v) is 16.3. The highest BCUT2D eigenvalue weighted by atomic mass is 16.5. The zero-order valence-electron chi connectivity index (χ0n) is 29.0. The Kier molecular flexibility index (Phi) is 11.9. The van der Waals surface area contributed by atoms with Gasteiger partial charge in [-0.2, -0.15) is 4.98 Å². The highest BCUT2D eigenvalue weighted by Crippen LogP contribution is 2.27. The van der Waals surface area contributed by atoms with Crippen LogP contribution in [0.5, 0.6) is 17.2 Å². The topological polar surface area (TPSA) is 137 Å². The number of pyridine rings is 1. The van der Waals surface area contributed by atoms with Gasteiger partial charge in [-0.05, 0) is 60.0 Å². The number of fused-ring (bicyclic) bond motifs is 1. The van der Waals surface area contributed by atoms with E-state index in [0.29, 0.717) is 59.1 Å². The van der Waals surface area contributed by atoms with Crippen molar-refractivity contribution in [2.75, 3.05) is 45.3 Å². The maximum absolute atomic E-state index is 14.2. The van der Waals surface area contributed by atoms with Gasteiger partial charge >= 0.3 is 5.97 Å². The number of carbonyl (C=O) groups is 1. The first-order chi connectivity index (χ1) is 24.3. The number of hydrogen-bond donors (Lipinski definition) is 2. The molecular formula is C38H43N5O7. The molecule has 3 aromatic carbocycles. The van der Waals surface area contributed by atoms with E-state index < -0.39 is 5.97 Å². The van der Waals surface area contributed by atoms with Crippen LogP contribution < -0.4 is 30.0 Å². The van der Waals surface area contributed by atoms with Crippen LogP contribution in [0.4, 0.5) is 11.8 Å². The SMILES string of the molecule is CCC[C@@H](CO)Nc1nc(N(Cc2ccc(OC)cc2)Cc2ccc(OC)cc2)nc2ccn(Cc3ccc(C(=O)OC)cc3OC)c(=O)c12. The number of hydrogen-bond acceptors (Lipinski definition) is 11. The third kappa shape index (κ3) is 8.32. The standard InChI is InChI=1S/C38H43N5O7/c1-6-7-29(24-44)39-35-34-32(18-19-42(36(34)45)23-28-13-12-27(37(46)50-5)20-33(28)49-4)40-38(41-35)43(21-25-8-14-30(47-2)15-9-25)22-26-10-16-31(48-3)17-11-26/h8-20,29,44H,6-7,21-24H2,1-5H3,(H,39,40,41)/t29-/m0/s1.